The highest BCUT2D eigenvalue weighted by atomic mass is 16.5. The Morgan fingerprint density at radius 1 is 1.15 bits per heavy atom. The van der Waals surface area contributed by atoms with Crippen molar-refractivity contribution in [3.8, 4) is 11.9 Å². The molecule has 2 aromatic heterocycles. The maximum absolute atomic E-state index is 8.82. The van der Waals surface area contributed by atoms with Crippen LogP contribution in [0.1, 0.15) is 42.7 Å². The quantitative estimate of drug-likeness (QED) is 0.891. The maximum Gasteiger partial charge on any atom is 0.217 e. The van der Waals surface area contributed by atoms with Crippen molar-refractivity contribution in [3.05, 3.63) is 47.8 Å². The zero-order chi connectivity index (χ0) is 17.8. The lowest BCUT2D eigenvalue weighted by atomic mass is 9.88. The number of nitrogens with zero attached hydrogens (tertiary/aromatic N) is 3. The van der Waals surface area contributed by atoms with Crippen molar-refractivity contribution < 1.29 is 9.47 Å². The standard InChI is InChI=1S/C20H22N4O2/c21-12-14-3-4-19(23-13-14)24-16-10-17(11-16)26-20-18(2-1-7-22-20)15-5-8-25-9-6-15/h1-4,7,13,15-17H,5-6,8-11H2,(H,23,24)/t16-,17-. The third-order valence-corrected chi connectivity index (χ3v) is 5.08. The zero-order valence-electron chi connectivity index (χ0n) is 14.6. The monoisotopic (exact) mass is 350 g/mol. The van der Waals surface area contributed by atoms with Gasteiger partial charge < -0.3 is 14.8 Å². The Morgan fingerprint density at radius 3 is 2.73 bits per heavy atom. The number of pyridine rings is 2. The fourth-order valence-electron chi connectivity index (χ4n) is 3.51. The predicted octanol–water partition coefficient (Wildman–Crippen LogP) is 3.26. The van der Waals surface area contributed by atoms with E-state index in [-0.39, 0.29) is 6.10 Å². The van der Waals surface area contributed by atoms with Gasteiger partial charge in [0.25, 0.3) is 0 Å². The fourth-order valence-corrected chi connectivity index (χ4v) is 3.51. The van der Waals surface area contributed by atoms with Crippen LogP contribution in [0, 0.1) is 11.3 Å². The molecule has 1 aliphatic carbocycles. The molecule has 0 spiro atoms. The number of hydrogen-bond donors (Lipinski definition) is 1. The zero-order valence-corrected chi connectivity index (χ0v) is 14.6. The van der Waals surface area contributed by atoms with Crippen LogP contribution in [-0.2, 0) is 4.74 Å². The van der Waals surface area contributed by atoms with E-state index < -0.39 is 0 Å². The Hall–Kier alpha value is -2.65. The highest BCUT2D eigenvalue weighted by Crippen LogP contribution is 2.35. The summed E-state index contributed by atoms with van der Waals surface area (Å²) in [6.07, 6.45) is 7.47. The molecule has 26 heavy (non-hydrogen) atoms. The molecule has 2 aromatic rings. The Balaban J connectivity index is 1.32. The molecule has 6 heteroatoms. The van der Waals surface area contributed by atoms with E-state index in [0.29, 0.717) is 17.5 Å². The first-order valence-corrected chi connectivity index (χ1v) is 9.14. The number of ether oxygens (including phenoxy) is 2. The van der Waals surface area contributed by atoms with Crippen LogP contribution in [0.4, 0.5) is 5.82 Å². The molecular weight excluding hydrogens is 328 g/mol. The summed E-state index contributed by atoms with van der Waals surface area (Å²) in [5.74, 6) is 2.05. The van der Waals surface area contributed by atoms with Gasteiger partial charge in [-0.3, -0.25) is 0 Å². The molecular formula is C20H22N4O2. The topological polar surface area (TPSA) is 80.1 Å². The lowest BCUT2D eigenvalue weighted by molar-refractivity contribution is 0.0794. The van der Waals surface area contributed by atoms with Gasteiger partial charge in [-0.1, -0.05) is 6.07 Å². The van der Waals surface area contributed by atoms with Gasteiger partial charge in [0.15, 0.2) is 0 Å². The van der Waals surface area contributed by atoms with Crippen molar-refractivity contribution in [3.63, 3.8) is 0 Å². The third-order valence-electron chi connectivity index (χ3n) is 5.08. The van der Waals surface area contributed by atoms with Gasteiger partial charge in [0.2, 0.25) is 5.88 Å². The van der Waals surface area contributed by atoms with Crippen LogP contribution >= 0.6 is 0 Å². The molecule has 1 N–H and O–H groups in total. The largest absolute Gasteiger partial charge is 0.474 e. The lowest BCUT2D eigenvalue weighted by Gasteiger charge is -2.36. The molecule has 4 rings (SSSR count). The smallest absolute Gasteiger partial charge is 0.217 e. The number of nitrogens with one attached hydrogen (secondary N) is 1. The molecule has 0 atom stereocenters. The summed E-state index contributed by atoms with van der Waals surface area (Å²) in [7, 11) is 0. The Labute approximate surface area is 153 Å². The third kappa shape index (κ3) is 3.78. The van der Waals surface area contributed by atoms with Crippen LogP contribution < -0.4 is 10.1 Å². The van der Waals surface area contributed by atoms with Gasteiger partial charge in [0.05, 0.1) is 5.56 Å². The summed E-state index contributed by atoms with van der Waals surface area (Å²) >= 11 is 0. The summed E-state index contributed by atoms with van der Waals surface area (Å²) in [4.78, 5) is 8.73. The Morgan fingerprint density at radius 2 is 2.00 bits per heavy atom. The van der Waals surface area contributed by atoms with Crippen LogP contribution in [0.25, 0.3) is 0 Å². The number of aromatic nitrogens is 2. The van der Waals surface area contributed by atoms with Crippen molar-refractivity contribution in [1.82, 2.24) is 9.97 Å². The van der Waals surface area contributed by atoms with Crippen molar-refractivity contribution in [2.75, 3.05) is 18.5 Å². The average molecular weight is 350 g/mol. The van der Waals surface area contributed by atoms with E-state index in [1.807, 2.05) is 12.1 Å². The van der Waals surface area contributed by atoms with Crippen molar-refractivity contribution >= 4 is 5.82 Å². The average Bonchev–Trinajstić information content (AvgIpc) is 2.68. The summed E-state index contributed by atoms with van der Waals surface area (Å²) in [5, 5.41) is 12.2. The van der Waals surface area contributed by atoms with Crippen LogP contribution in [-0.4, -0.2) is 35.3 Å². The van der Waals surface area contributed by atoms with Crippen molar-refractivity contribution in [2.45, 2.75) is 43.7 Å². The van der Waals surface area contributed by atoms with Gasteiger partial charge in [-0.25, -0.2) is 9.97 Å². The molecule has 2 fully saturated rings. The van der Waals surface area contributed by atoms with Gasteiger partial charge in [-0.2, -0.15) is 5.26 Å². The first-order valence-electron chi connectivity index (χ1n) is 9.14. The molecule has 2 aliphatic rings. The Kier molecular flexibility index (Phi) is 4.98. The fraction of sp³-hybridized carbons (Fsp3) is 0.450. The molecule has 0 aromatic carbocycles. The highest BCUT2D eigenvalue weighted by molar-refractivity contribution is 5.40. The van der Waals surface area contributed by atoms with E-state index in [4.69, 9.17) is 14.7 Å². The number of anilines is 1. The highest BCUT2D eigenvalue weighted by Gasteiger charge is 2.32. The normalized spacial score (nSPS) is 22.9. The minimum Gasteiger partial charge on any atom is -0.474 e. The van der Waals surface area contributed by atoms with Gasteiger partial charge in [-0.05, 0) is 37.0 Å². The van der Waals surface area contributed by atoms with E-state index in [2.05, 4.69) is 27.4 Å². The van der Waals surface area contributed by atoms with Crippen molar-refractivity contribution in [2.24, 2.45) is 0 Å². The molecule has 0 unspecified atom stereocenters. The van der Waals surface area contributed by atoms with E-state index in [1.54, 1.807) is 18.5 Å². The summed E-state index contributed by atoms with van der Waals surface area (Å²) in [6.45, 7) is 1.62. The van der Waals surface area contributed by atoms with Gasteiger partial charge in [-0.15, -0.1) is 0 Å². The van der Waals surface area contributed by atoms with Gasteiger partial charge in [0, 0.05) is 50.1 Å². The van der Waals surface area contributed by atoms with E-state index in [9.17, 15) is 0 Å². The molecule has 1 saturated carbocycles. The molecule has 134 valence electrons. The van der Waals surface area contributed by atoms with Crippen LogP contribution in [0.15, 0.2) is 36.7 Å². The minimum absolute atomic E-state index is 0.180. The molecule has 3 heterocycles. The molecule has 0 amide bonds. The molecule has 0 radical (unpaired) electrons. The molecule has 1 saturated heterocycles. The second-order valence-corrected chi connectivity index (χ2v) is 6.88. The van der Waals surface area contributed by atoms with E-state index >= 15 is 0 Å². The predicted molar refractivity (Wildman–Crippen MR) is 97.0 cm³/mol. The molecule has 1 aliphatic heterocycles. The first-order chi connectivity index (χ1) is 12.8. The second-order valence-electron chi connectivity index (χ2n) is 6.88. The van der Waals surface area contributed by atoms with E-state index in [1.165, 1.54) is 5.56 Å². The number of hydrogen-bond acceptors (Lipinski definition) is 6. The Bertz CT molecular complexity index is 775. The van der Waals surface area contributed by atoms with Gasteiger partial charge in [0.1, 0.15) is 18.0 Å². The molecule has 6 nitrogen and oxygen atoms in total. The number of rotatable bonds is 5. The summed E-state index contributed by atoms with van der Waals surface area (Å²) < 4.78 is 11.7. The molecule has 0 bridgehead atoms. The lowest BCUT2D eigenvalue weighted by Crippen LogP contribution is -2.43. The van der Waals surface area contributed by atoms with Crippen LogP contribution in [0.3, 0.4) is 0 Å². The van der Waals surface area contributed by atoms with E-state index in [0.717, 1.165) is 50.6 Å². The second kappa shape index (κ2) is 7.71. The SMILES string of the molecule is N#Cc1ccc(N[C@H]2C[C@H](Oc3ncccc3C3CCOCC3)C2)nc1. The van der Waals surface area contributed by atoms with Crippen LogP contribution in [0.5, 0.6) is 5.88 Å². The van der Waals surface area contributed by atoms with Crippen LogP contribution in [0.2, 0.25) is 0 Å². The number of nitriles is 1. The maximum atomic E-state index is 8.82. The van der Waals surface area contributed by atoms with Gasteiger partial charge >= 0.3 is 0 Å². The summed E-state index contributed by atoms with van der Waals surface area (Å²) in [6, 6.07) is 10.2. The summed E-state index contributed by atoms with van der Waals surface area (Å²) in [5.41, 5.74) is 1.78. The van der Waals surface area contributed by atoms with Crippen molar-refractivity contribution in [1.29, 1.82) is 5.26 Å². The first kappa shape index (κ1) is 16.8. The minimum atomic E-state index is 0.180.